The molecule has 1 fully saturated rings. The first-order chi connectivity index (χ1) is 9.61. The maximum atomic E-state index is 14.0. The van der Waals surface area contributed by atoms with Gasteiger partial charge in [0, 0.05) is 17.1 Å². The van der Waals surface area contributed by atoms with Crippen LogP contribution in [-0.2, 0) is 10.0 Å². The fraction of sp³-hybridized carbons (Fsp3) is 0.462. The minimum Gasteiger partial charge on any atom is -0.336 e. The van der Waals surface area contributed by atoms with Gasteiger partial charge in [-0.25, -0.2) is 17.9 Å². The van der Waals surface area contributed by atoms with Gasteiger partial charge in [0.2, 0.25) is 10.0 Å². The molecule has 1 aliphatic rings. The summed E-state index contributed by atoms with van der Waals surface area (Å²) in [6.45, 7) is 4.43. The first-order valence-corrected chi connectivity index (χ1v) is 8.78. The van der Waals surface area contributed by atoms with Gasteiger partial charge in [-0.2, -0.15) is 0 Å². The van der Waals surface area contributed by atoms with E-state index < -0.39 is 21.7 Å². The lowest BCUT2D eigenvalue weighted by Gasteiger charge is -2.22. The number of sulfonamides is 1. The molecule has 0 radical (unpaired) electrons. The second kappa shape index (κ2) is 5.66. The van der Waals surface area contributed by atoms with E-state index in [1.54, 1.807) is 4.90 Å². The van der Waals surface area contributed by atoms with Gasteiger partial charge >= 0.3 is 0 Å². The number of nitrogens with zero attached hydrogens (tertiary/aromatic N) is 1. The molecule has 1 aromatic carbocycles. The molecule has 5 nitrogen and oxygen atoms in total. The number of hydrogen-bond donors (Lipinski definition) is 1. The van der Waals surface area contributed by atoms with E-state index in [0.717, 1.165) is 18.6 Å². The first kappa shape index (κ1) is 16.4. The highest BCUT2D eigenvalue weighted by atomic mass is 79.9. The summed E-state index contributed by atoms with van der Waals surface area (Å²) in [6, 6.07) is 1.94. The summed E-state index contributed by atoms with van der Waals surface area (Å²) >= 11 is 2.95. The predicted octanol–water partition coefficient (Wildman–Crippen LogP) is 2.11. The van der Waals surface area contributed by atoms with Crippen LogP contribution < -0.4 is 5.14 Å². The molecular formula is C13H16BrFN2O3S. The summed E-state index contributed by atoms with van der Waals surface area (Å²) in [5.74, 6) is -0.951. The van der Waals surface area contributed by atoms with Crippen LogP contribution in [0.3, 0.4) is 0 Å². The van der Waals surface area contributed by atoms with Gasteiger partial charge in [0.15, 0.2) is 0 Å². The molecule has 1 saturated heterocycles. The lowest BCUT2D eigenvalue weighted by atomic mass is 10.1. The quantitative estimate of drug-likeness (QED) is 0.855. The molecule has 1 amide bonds. The van der Waals surface area contributed by atoms with Crippen molar-refractivity contribution in [3.63, 3.8) is 0 Å². The van der Waals surface area contributed by atoms with Gasteiger partial charge in [-0.15, -0.1) is 0 Å². The molecule has 0 aromatic heterocycles. The minimum atomic E-state index is -4.04. The van der Waals surface area contributed by atoms with Crippen LogP contribution in [0.15, 0.2) is 21.5 Å². The van der Waals surface area contributed by atoms with Gasteiger partial charge in [-0.1, -0.05) is 6.92 Å². The van der Waals surface area contributed by atoms with Gasteiger partial charge in [0.1, 0.15) is 5.82 Å². The summed E-state index contributed by atoms with van der Waals surface area (Å²) in [6.07, 6.45) is 0.839. The van der Waals surface area contributed by atoms with Crippen LogP contribution in [0.4, 0.5) is 4.39 Å². The van der Waals surface area contributed by atoms with Gasteiger partial charge in [-0.3, -0.25) is 4.79 Å². The van der Waals surface area contributed by atoms with Crippen LogP contribution >= 0.6 is 15.9 Å². The van der Waals surface area contributed by atoms with E-state index in [1.165, 1.54) is 0 Å². The number of carbonyl (C=O) groups is 1. The van der Waals surface area contributed by atoms with Crippen LogP contribution in [0.5, 0.6) is 0 Å². The Kier molecular flexibility index (Phi) is 4.41. The number of primary sulfonamides is 1. The summed E-state index contributed by atoms with van der Waals surface area (Å²) in [4.78, 5) is 13.7. The fourth-order valence-electron chi connectivity index (χ4n) is 2.65. The van der Waals surface area contributed by atoms with Crippen molar-refractivity contribution in [1.29, 1.82) is 0 Å². The smallest absolute Gasteiger partial charge is 0.257 e. The summed E-state index contributed by atoms with van der Waals surface area (Å²) in [7, 11) is -4.04. The highest BCUT2D eigenvalue weighted by Gasteiger charge is 2.32. The van der Waals surface area contributed by atoms with Crippen molar-refractivity contribution in [2.75, 3.05) is 6.54 Å². The Morgan fingerprint density at radius 3 is 2.52 bits per heavy atom. The normalized spacial score (nSPS) is 22.6. The van der Waals surface area contributed by atoms with E-state index in [9.17, 15) is 17.6 Å². The zero-order valence-electron chi connectivity index (χ0n) is 11.6. The van der Waals surface area contributed by atoms with Crippen LogP contribution in [0.2, 0.25) is 0 Å². The largest absolute Gasteiger partial charge is 0.336 e. The number of hydrogen-bond acceptors (Lipinski definition) is 3. The Labute approximate surface area is 131 Å². The number of carbonyl (C=O) groups excluding carboxylic acids is 1. The van der Waals surface area contributed by atoms with Crippen molar-refractivity contribution in [2.24, 2.45) is 11.1 Å². The third-order valence-corrected chi connectivity index (χ3v) is 5.47. The Morgan fingerprint density at radius 1 is 1.43 bits per heavy atom. The van der Waals surface area contributed by atoms with Crippen LogP contribution in [0.25, 0.3) is 0 Å². The SMILES string of the molecule is CC1CC(C)N(C(=O)c2cc(S(N)(=O)=O)c(Br)cc2F)C1. The maximum Gasteiger partial charge on any atom is 0.257 e. The summed E-state index contributed by atoms with van der Waals surface area (Å²) in [5, 5.41) is 5.07. The fourth-order valence-corrected chi connectivity index (χ4v) is 4.25. The van der Waals surface area contributed by atoms with E-state index in [2.05, 4.69) is 15.9 Å². The average molecular weight is 379 g/mol. The number of likely N-dealkylation sites (tertiary alicyclic amines) is 1. The number of nitrogens with two attached hydrogens (primary N) is 1. The van der Waals surface area contributed by atoms with Gasteiger partial charge in [-0.05, 0) is 47.3 Å². The van der Waals surface area contributed by atoms with E-state index in [1.807, 2.05) is 13.8 Å². The molecule has 0 spiro atoms. The lowest BCUT2D eigenvalue weighted by molar-refractivity contribution is 0.0738. The second-order valence-corrected chi connectivity index (χ2v) is 7.84. The highest BCUT2D eigenvalue weighted by molar-refractivity contribution is 9.10. The molecular weight excluding hydrogens is 363 g/mol. The van der Waals surface area contributed by atoms with Crippen LogP contribution in [0.1, 0.15) is 30.6 Å². The zero-order valence-corrected chi connectivity index (χ0v) is 14.0. The molecule has 2 rings (SSSR count). The van der Waals surface area contributed by atoms with Crippen molar-refractivity contribution in [1.82, 2.24) is 4.90 Å². The lowest BCUT2D eigenvalue weighted by Crippen LogP contribution is -2.34. The summed E-state index contributed by atoms with van der Waals surface area (Å²) < 4.78 is 37.0. The van der Waals surface area contributed by atoms with Crippen molar-refractivity contribution in [2.45, 2.75) is 31.2 Å². The molecule has 0 saturated carbocycles. The van der Waals surface area contributed by atoms with Gasteiger partial charge in [0.05, 0.1) is 10.5 Å². The first-order valence-electron chi connectivity index (χ1n) is 6.44. The second-order valence-electron chi connectivity index (χ2n) is 5.45. The third kappa shape index (κ3) is 3.27. The highest BCUT2D eigenvalue weighted by Crippen LogP contribution is 2.29. The minimum absolute atomic E-state index is 0.00175. The number of amides is 1. The van der Waals surface area contributed by atoms with E-state index in [-0.39, 0.29) is 21.0 Å². The Morgan fingerprint density at radius 2 is 2.05 bits per heavy atom. The van der Waals surface area contributed by atoms with Crippen LogP contribution in [0, 0.1) is 11.7 Å². The van der Waals surface area contributed by atoms with Crippen molar-refractivity contribution >= 4 is 31.9 Å². The van der Waals surface area contributed by atoms with E-state index in [0.29, 0.717) is 12.5 Å². The average Bonchev–Trinajstić information content (AvgIpc) is 2.66. The Bertz CT molecular complexity index is 693. The van der Waals surface area contributed by atoms with Crippen molar-refractivity contribution in [3.8, 4) is 0 Å². The Balaban J connectivity index is 2.47. The Hall–Kier alpha value is -0.990. The standard InChI is InChI=1S/C13H16BrFN2O3S/c1-7-3-8(2)17(6-7)13(18)9-4-12(21(16,19)20)10(14)5-11(9)15/h4-5,7-8H,3,6H2,1-2H3,(H2,16,19,20). The van der Waals surface area contributed by atoms with Crippen molar-refractivity contribution < 1.29 is 17.6 Å². The van der Waals surface area contributed by atoms with Crippen LogP contribution in [-0.4, -0.2) is 31.8 Å². The van der Waals surface area contributed by atoms with Crippen molar-refractivity contribution in [3.05, 3.63) is 28.0 Å². The molecule has 1 aromatic rings. The predicted molar refractivity (Wildman–Crippen MR) is 79.8 cm³/mol. The topological polar surface area (TPSA) is 80.5 Å². The number of benzene rings is 1. The molecule has 0 aliphatic carbocycles. The van der Waals surface area contributed by atoms with Gasteiger partial charge < -0.3 is 4.90 Å². The molecule has 2 N–H and O–H groups in total. The molecule has 2 atom stereocenters. The molecule has 0 bridgehead atoms. The molecule has 8 heteroatoms. The maximum absolute atomic E-state index is 14.0. The molecule has 21 heavy (non-hydrogen) atoms. The molecule has 1 aliphatic heterocycles. The van der Waals surface area contributed by atoms with E-state index in [4.69, 9.17) is 5.14 Å². The summed E-state index contributed by atoms with van der Waals surface area (Å²) in [5.41, 5.74) is -0.275. The van der Waals surface area contributed by atoms with E-state index >= 15 is 0 Å². The number of rotatable bonds is 2. The molecule has 2 unspecified atom stereocenters. The monoisotopic (exact) mass is 378 g/mol. The third-order valence-electron chi connectivity index (χ3n) is 3.60. The molecule has 116 valence electrons. The zero-order chi connectivity index (χ0) is 15.9. The number of halogens is 2. The molecule has 1 heterocycles. The van der Waals surface area contributed by atoms with Gasteiger partial charge in [0.25, 0.3) is 5.91 Å².